The molecule has 2 N–H and O–H groups in total. The highest BCUT2D eigenvalue weighted by atomic mass is 35.5. The molecule has 166 valence electrons. The highest BCUT2D eigenvalue weighted by Gasteiger charge is 2.43. The number of aryl methyl sites for hydroxylation is 1. The number of aromatic amines is 1. The van der Waals surface area contributed by atoms with Crippen LogP contribution in [0.3, 0.4) is 0 Å². The number of pyridine rings is 1. The largest absolute Gasteiger partial charge is 0.350 e. The van der Waals surface area contributed by atoms with E-state index in [0.717, 1.165) is 0 Å². The van der Waals surface area contributed by atoms with Crippen molar-refractivity contribution in [3.63, 3.8) is 0 Å². The Hall–Kier alpha value is -3.72. The lowest BCUT2D eigenvalue weighted by Gasteiger charge is -2.13. The summed E-state index contributed by atoms with van der Waals surface area (Å²) in [6.07, 6.45) is 5.99. The highest BCUT2D eigenvalue weighted by molar-refractivity contribution is 6.36. The van der Waals surface area contributed by atoms with Crippen molar-refractivity contribution in [3.8, 4) is 22.4 Å². The molecule has 7 nitrogen and oxygen atoms in total. The summed E-state index contributed by atoms with van der Waals surface area (Å²) in [6.45, 7) is 0. The van der Waals surface area contributed by atoms with Crippen LogP contribution in [0.4, 0.5) is 14.6 Å². The Balaban J connectivity index is 1.46. The number of aromatic nitrogens is 5. The Kier molecular flexibility index (Phi) is 4.31. The molecule has 0 saturated heterocycles. The van der Waals surface area contributed by atoms with E-state index in [-0.39, 0.29) is 17.4 Å². The first kappa shape index (κ1) is 19.9. The number of anilines is 1. The molecule has 0 aliphatic heterocycles. The highest BCUT2D eigenvalue weighted by Crippen LogP contribution is 2.43. The lowest BCUT2D eigenvalue weighted by Crippen LogP contribution is -2.15. The number of carbonyl (C=O) groups excluding carboxylic acids is 1. The molecule has 33 heavy (non-hydrogen) atoms. The fourth-order valence-corrected chi connectivity index (χ4v) is 4.52. The number of imidazole rings is 1. The van der Waals surface area contributed by atoms with Gasteiger partial charge in [0.2, 0.25) is 5.91 Å². The van der Waals surface area contributed by atoms with Crippen LogP contribution in [0.2, 0.25) is 5.02 Å². The van der Waals surface area contributed by atoms with Gasteiger partial charge < -0.3 is 14.3 Å². The molecule has 2 atom stereocenters. The summed E-state index contributed by atoms with van der Waals surface area (Å²) in [7, 11) is 1.83. The van der Waals surface area contributed by atoms with Crippen molar-refractivity contribution in [2.45, 2.75) is 12.6 Å². The Morgan fingerprint density at radius 2 is 2.09 bits per heavy atom. The van der Waals surface area contributed by atoms with Gasteiger partial charge in [-0.05, 0) is 30.7 Å². The summed E-state index contributed by atoms with van der Waals surface area (Å²) in [6, 6.07) is 7.17. The van der Waals surface area contributed by atoms with Crippen LogP contribution in [0.15, 0.2) is 49.1 Å². The molecule has 1 fully saturated rings. The van der Waals surface area contributed by atoms with Crippen LogP contribution in [0.25, 0.3) is 38.9 Å². The molecule has 0 bridgehead atoms. The predicted molar refractivity (Wildman–Crippen MR) is 121 cm³/mol. The van der Waals surface area contributed by atoms with Crippen LogP contribution in [-0.4, -0.2) is 36.2 Å². The monoisotopic (exact) mass is 466 g/mol. The first-order valence-corrected chi connectivity index (χ1v) is 10.7. The van der Waals surface area contributed by atoms with Crippen molar-refractivity contribution in [3.05, 3.63) is 59.9 Å². The number of fused-ring (bicyclic) bond motifs is 2. The molecule has 4 heterocycles. The van der Waals surface area contributed by atoms with E-state index in [9.17, 15) is 9.18 Å². The lowest BCUT2D eigenvalue weighted by molar-refractivity contribution is -0.117. The molecule has 6 rings (SSSR count). The third-order valence-corrected chi connectivity index (χ3v) is 6.39. The summed E-state index contributed by atoms with van der Waals surface area (Å²) < 4.78 is 32.2. The van der Waals surface area contributed by atoms with Gasteiger partial charge in [-0.25, -0.2) is 13.8 Å². The van der Waals surface area contributed by atoms with Crippen molar-refractivity contribution in [2.75, 3.05) is 5.32 Å². The number of alkyl halides is 1. The predicted octanol–water partition coefficient (Wildman–Crippen LogP) is 4.97. The van der Waals surface area contributed by atoms with Crippen molar-refractivity contribution in [1.82, 2.24) is 24.1 Å². The summed E-state index contributed by atoms with van der Waals surface area (Å²) >= 11 is 6.58. The second kappa shape index (κ2) is 7.14. The number of amides is 1. The van der Waals surface area contributed by atoms with Crippen molar-refractivity contribution < 1.29 is 13.6 Å². The molecule has 1 saturated carbocycles. The van der Waals surface area contributed by atoms with Gasteiger partial charge in [0.15, 0.2) is 11.6 Å². The molecular weight excluding hydrogens is 450 g/mol. The maximum absolute atomic E-state index is 15.6. The lowest BCUT2D eigenvalue weighted by atomic mass is 9.98. The third kappa shape index (κ3) is 3.11. The average molecular weight is 467 g/mol. The first-order chi connectivity index (χ1) is 15.9. The fraction of sp³-hybridized carbons (Fsp3) is 0.174. The number of nitrogens with one attached hydrogen (secondary N) is 2. The maximum atomic E-state index is 15.6. The van der Waals surface area contributed by atoms with E-state index in [4.69, 9.17) is 11.6 Å². The summed E-state index contributed by atoms with van der Waals surface area (Å²) in [5, 5.41) is 10.3. The normalized spacial score (nSPS) is 17.7. The molecular formula is C23H17ClF2N6O. The molecule has 4 aromatic heterocycles. The standard InChI is InChI=1S/C23H17ClF2N6O/c1-31-6-2-3-15(31)19-21(26)20(24)18(13-8-27-30-22(13)19)11-4-5-17-28-16(10-32(17)9-11)29-23(33)12-7-14(12)25/h2-6,8-10,12,14H,7H2,1H3,(H,27,30)(H,29,33)/t12-,14+/m1/s1. The van der Waals surface area contributed by atoms with Crippen LogP contribution in [0, 0.1) is 11.7 Å². The van der Waals surface area contributed by atoms with Gasteiger partial charge in [-0.3, -0.25) is 9.89 Å². The minimum atomic E-state index is -1.08. The topological polar surface area (TPSA) is 80.0 Å². The molecule has 1 amide bonds. The Morgan fingerprint density at radius 1 is 1.27 bits per heavy atom. The van der Waals surface area contributed by atoms with Crippen LogP contribution in [0.5, 0.6) is 0 Å². The van der Waals surface area contributed by atoms with Gasteiger partial charge in [-0.15, -0.1) is 0 Å². The Morgan fingerprint density at radius 3 is 2.82 bits per heavy atom. The second-order valence-electron chi connectivity index (χ2n) is 8.20. The zero-order valence-corrected chi connectivity index (χ0v) is 18.1. The third-order valence-electron chi connectivity index (χ3n) is 6.03. The molecule has 0 unspecified atom stereocenters. The maximum Gasteiger partial charge on any atom is 0.231 e. The first-order valence-electron chi connectivity index (χ1n) is 10.3. The number of rotatable bonds is 4. The van der Waals surface area contributed by atoms with Gasteiger partial charge in [0.05, 0.1) is 40.1 Å². The van der Waals surface area contributed by atoms with Gasteiger partial charge in [0.25, 0.3) is 0 Å². The van der Waals surface area contributed by atoms with E-state index in [1.165, 1.54) is 0 Å². The van der Waals surface area contributed by atoms with Crippen LogP contribution >= 0.6 is 11.6 Å². The molecule has 1 aliphatic carbocycles. The fourth-order valence-electron chi connectivity index (χ4n) is 4.21. The van der Waals surface area contributed by atoms with Crippen LogP contribution in [-0.2, 0) is 11.8 Å². The molecule has 5 aromatic rings. The minimum absolute atomic E-state index is 0.0178. The summed E-state index contributed by atoms with van der Waals surface area (Å²) in [4.78, 5) is 16.4. The van der Waals surface area contributed by atoms with Gasteiger partial charge >= 0.3 is 0 Å². The van der Waals surface area contributed by atoms with Gasteiger partial charge in [-0.1, -0.05) is 11.6 Å². The zero-order chi connectivity index (χ0) is 22.9. The zero-order valence-electron chi connectivity index (χ0n) is 17.3. The number of halogens is 3. The van der Waals surface area contributed by atoms with E-state index < -0.39 is 17.9 Å². The number of benzene rings is 1. The van der Waals surface area contributed by atoms with E-state index >= 15 is 4.39 Å². The molecule has 1 aliphatic rings. The van der Waals surface area contributed by atoms with Crippen LogP contribution < -0.4 is 5.32 Å². The van der Waals surface area contributed by atoms with Gasteiger partial charge in [0.1, 0.15) is 11.8 Å². The van der Waals surface area contributed by atoms with E-state index in [1.807, 2.05) is 29.9 Å². The number of nitrogens with zero attached hydrogens (tertiary/aromatic N) is 4. The Labute approximate surface area is 191 Å². The van der Waals surface area contributed by atoms with E-state index in [1.54, 1.807) is 35.1 Å². The van der Waals surface area contributed by atoms with Crippen molar-refractivity contribution in [1.29, 1.82) is 0 Å². The molecule has 1 aromatic carbocycles. The smallest absolute Gasteiger partial charge is 0.231 e. The van der Waals surface area contributed by atoms with Crippen molar-refractivity contribution in [2.24, 2.45) is 13.0 Å². The SMILES string of the molecule is Cn1cccc1-c1c(F)c(Cl)c(-c2ccc3nc(NC(=O)[C@@H]4C[C@@H]4F)cn3c2)c2cn[nH]c12. The van der Waals surface area contributed by atoms with Crippen LogP contribution in [0.1, 0.15) is 6.42 Å². The number of H-pyrrole nitrogens is 1. The van der Waals surface area contributed by atoms with Crippen molar-refractivity contribution >= 4 is 39.9 Å². The molecule has 0 spiro atoms. The quantitative estimate of drug-likeness (QED) is 0.392. The second-order valence-corrected chi connectivity index (χ2v) is 8.58. The molecule has 10 heteroatoms. The number of hydrogen-bond donors (Lipinski definition) is 2. The average Bonchev–Trinajstić information content (AvgIpc) is 3.16. The number of carbonyl (C=O) groups is 1. The molecule has 0 radical (unpaired) electrons. The van der Waals surface area contributed by atoms with E-state index in [0.29, 0.717) is 44.8 Å². The number of hydrogen-bond acceptors (Lipinski definition) is 3. The van der Waals surface area contributed by atoms with Gasteiger partial charge in [0, 0.05) is 36.0 Å². The summed E-state index contributed by atoms with van der Waals surface area (Å²) in [5.41, 5.74) is 3.28. The minimum Gasteiger partial charge on any atom is -0.350 e. The summed E-state index contributed by atoms with van der Waals surface area (Å²) in [5.74, 6) is -1.22. The van der Waals surface area contributed by atoms with Gasteiger partial charge in [-0.2, -0.15) is 5.10 Å². The van der Waals surface area contributed by atoms with E-state index in [2.05, 4.69) is 20.5 Å². The Bertz CT molecular complexity index is 1570.